The van der Waals surface area contributed by atoms with Crippen LogP contribution < -0.4 is 16.8 Å². The average Bonchev–Trinajstić information content (AvgIpc) is 1.71. The van der Waals surface area contributed by atoms with E-state index < -0.39 is 11.4 Å². The van der Waals surface area contributed by atoms with E-state index >= 15 is 0 Å². The highest BCUT2D eigenvalue weighted by atomic mass is 35.5. The van der Waals surface area contributed by atoms with Gasteiger partial charge in [-0.15, -0.1) is 0 Å². The van der Waals surface area contributed by atoms with Crippen LogP contribution in [0.2, 0.25) is 15.1 Å². The first kappa shape index (κ1) is 75.4. The maximum Gasteiger partial charge on any atom is 0.255 e. The van der Waals surface area contributed by atoms with E-state index in [1.165, 1.54) is 19.0 Å². The predicted octanol–water partition coefficient (Wildman–Crippen LogP) is 11.9. The number of hydrogen-bond acceptors (Lipinski definition) is 19. The first-order valence-electron chi connectivity index (χ1n) is 37.0. The summed E-state index contributed by atoms with van der Waals surface area (Å²) in [5.74, 6) is 20.2. The number of nitrogens with zero attached hydrogens (tertiary/aromatic N) is 13. The van der Waals surface area contributed by atoms with Gasteiger partial charge in [0.2, 0.25) is 0 Å². The fourth-order valence-corrected chi connectivity index (χ4v) is 15.4. The predicted molar refractivity (Wildman–Crippen MR) is 420 cm³/mol. The minimum Gasteiger partial charge on any atom is -0.390 e. The van der Waals surface area contributed by atoms with Crippen LogP contribution in [0.25, 0.3) is 33.8 Å². The number of amides is 3. The Morgan fingerprint density at radius 1 is 0.541 bits per heavy atom. The molecule has 3 aromatic carbocycles. The number of benzene rings is 3. The van der Waals surface area contributed by atoms with Crippen LogP contribution in [0.5, 0.6) is 0 Å². The van der Waals surface area contributed by atoms with Gasteiger partial charge < -0.3 is 46.1 Å². The van der Waals surface area contributed by atoms with Gasteiger partial charge >= 0.3 is 0 Å². The van der Waals surface area contributed by atoms with Gasteiger partial charge in [-0.25, -0.2) is 44.9 Å². The Hall–Kier alpha value is -10.5. The first-order chi connectivity index (χ1) is 52.7. The average molecular weight is 1520 g/mol. The van der Waals surface area contributed by atoms with Crippen molar-refractivity contribution in [3.63, 3.8) is 0 Å². The number of likely N-dealkylation sites (tertiary alicyclic amines) is 2. The molecule has 1 saturated carbocycles. The van der Waals surface area contributed by atoms with E-state index in [9.17, 15) is 19.5 Å². The number of anilines is 3. The van der Waals surface area contributed by atoms with Gasteiger partial charge in [-0.1, -0.05) is 109 Å². The molecule has 1 aliphatic carbocycles. The Kier molecular flexibility index (Phi) is 22.7. The van der Waals surface area contributed by atoms with Gasteiger partial charge in [0.1, 0.15) is 36.4 Å². The van der Waals surface area contributed by atoms with Gasteiger partial charge in [0.05, 0.1) is 101 Å². The first-order valence-corrected chi connectivity index (χ1v) is 38.1. The molecule has 10 heterocycles. The number of halogens is 3. The molecular formula is C84H83Cl3N16O6. The molecule has 2 atom stereocenters. The lowest BCUT2D eigenvalue weighted by atomic mass is 9.83. The largest absolute Gasteiger partial charge is 0.390 e. The second kappa shape index (κ2) is 32.8. The number of pyridine rings is 3. The standard InChI is InChI=1S/C84H83Cl3N16O6/c1-6-70-63(17-9-51-12-23-74(88)90-42-51)76(96-48-93-70)55-16-22-62(69(87)40-55)82(106)103-35-33-100(34-36-103)45-57-41-73(57)99-75-24-13-52(43-91-75)10-18-64-71(7-2)94-49-97-77(64)54-15-21-61(68(86)39-54)81(105)102-31-27-84(28-32-102)108-46-58(47-109-84)66-37-53(44-92-79(66)89)11-19-65-72(8-3)95-50-98-78(65)56-14-20-60(67(85)38-56)80(104)101-29-25-59(26-30-101)83(4,5)107/h12-16,20-24,37-40,42-44,48-50,57-59,73,107H,6-8,25-36,41,45-47H2,1-5H3,(H2,88,90)(H2,89,92)(H,91,99). The van der Waals surface area contributed by atoms with Crippen LogP contribution in [0.1, 0.15) is 160 Å². The third-order valence-corrected chi connectivity index (χ3v) is 22.2. The molecular weight excluding hydrogens is 1440 g/mol. The van der Waals surface area contributed by atoms with E-state index in [0.29, 0.717) is 198 Å². The molecule has 0 radical (unpaired) electrons. The Labute approximate surface area is 649 Å². The summed E-state index contributed by atoms with van der Waals surface area (Å²) < 4.78 is 13.1. The van der Waals surface area contributed by atoms with Crippen molar-refractivity contribution in [2.24, 2.45) is 11.8 Å². The minimum absolute atomic E-state index is 0.103. The van der Waals surface area contributed by atoms with Crippen molar-refractivity contribution < 1.29 is 29.0 Å². The van der Waals surface area contributed by atoms with Gasteiger partial charge in [-0.05, 0) is 131 Å². The fourth-order valence-electron chi connectivity index (χ4n) is 14.6. The molecule has 0 bridgehead atoms. The minimum atomic E-state index is -0.885. The molecule has 5 aliphatic rings. The lowest BCUT2D eigenvalue weighted by Crippen LogP contribution is -2.52. The zero-order chi connectivity index (χ0) is 76.1. The van der Waals surface area contributed by atoms with E-state index in [0.717, 1.165) is 65.6 Å². The number of aliphatic hydroxyl groups is 1. The third kappa shape index (κ3) is 17.1. The molecule has 9 aromatic rings. The zero-order valence-corrected chi connectivity index (χ0v) is 63.7. The van der Waals surface area contributed by atoms with Crippen molar-refractivity contribution >= 4 is 70.0 Å². The number of rotatable bonds is 15. The molecule has 6 N–H and O–H groups in total. The Morgan fingerprint density at radius 2 is 0.991 bits per heavy atom. The number of nitrogens with two attached hydrogens (primary N) is 2. The maximum absolute atomic E-state index is 14.2. The summed E-state index contributed by atoms with van der Waals surface area (Å²) in [6, 6.07) is 25.7. The van der Waals surface area contributed by atoms with Crippen LogP contribution in [0, 0.1) is 47.4 Å². The molecule has 1 spiro atoms. The Morgan fingerprint density at radius 3 is 1.43 bits per heavy atom. The lowest BCUT2D eigenvalue weighted by Gasteiger charge is -2.45. The van der Waals surface area contributed by atoms with Crippen molar-refractivity contribution in [3.05, 3.63) is 210 Å². The summed E-state index contributed by atoms with van der Waals surface area (Å²) in [6.45, 7) is 15.8. The van der Waals surface area contributed by atoms with Gasteiger partial charge in [-0.2, -0.15) is 0 Å². The number of aromatic nitrogens is 9. The van der Waals surface area contributed by atoms with Crippen LogP contribution in [0.15, 0.2) is 123 Å². The number of piperazine rings is 1. The van der Waals surface area contributed by atoms with Crippen LogP contribution in [-0.2, 0) is 28.7 Å². The molecule has 2 unspecified atom stereocenters. The fraction of sp³-hybridized carbons (Fsp3) is 0.357. The van der Waals surface area contributed by atoms with Crippen molar-refractivity contribution in [3.8, 4) is 69.3 Å². The summed E-state index contributed by atoms with van der Waals surface area (Å²) in [5, 5.41) is 15.1. The number of carbonyl (C=O) groups excluding carboxylic acids is 3. The van der Waals surface area contributed by atoms with Gasteiger partial charge in [0.15, 0.2) is 5.79 Å². The topological polar surface area (TPSA) is 283 Å². The van der Waals surface area contributed by atoms with E-state index in [1.54, 1.807) is 70.9 Å². The number of hydrogen-bond donors (Lipinski definition) is 4. The Balaban J connectivity index is 0.546. The number of nitrogens with one attached hydrogen (secondary N) is 1. The highest BCUT2D eigenvalue weighted by Gasteiger charge is 2.43. The number of nitrogen functional groups attached to an aromatic ring is 2. The van der Waals surface area contributed by atoms with E-state index in [4.69, 9.17) is 60.7 Å². The second-order valence-electron chi connectivity index (χ2n) is 28.7. The quantitative estimate of drug-likeness (QED) is 0.0694. The van der Waals surface area contributed by atoms with Gasteiger partial charge in [0, 0.05) is 141 Å². The van der Waals surface area contributed by atoms with Crippen molar-refractivity contribution in [1.29, 1.82) is 0 Å². The number of piperidine rings is 2. The molecule has 3 amide bonds. The SMILES string of the molecule is CCc1ncnc(-c2ccc(C(=O)N3CCC(C(C)(C)O)CC3)c(Cl)c2)c1C#Cc1cnc(N)c(C2COC3(CCN(C(=O)c4ccc(-c5ncnc(CC)c5C#Cc5ccc(NC6CC6CN6CCN(C(=O)c7ccc(-c8ncnc(CC)c8C#Cc8ccc(N)nc8)cc7Cl)CC6)nc5)cc4Cl)CC3)OC2)c1. The molecule has 5 fully saturated rings. The molecule has 556 valence electrons. The smallest absolute Gasteiger partial charge is 0.255 e. The van der Waals surface area contributed by atoms with E-state index in [1.807, 2.05) is 82.0 Å². The normalized spacial score (nSPS) is 17.3. The second-order valence-corrected chi connectivity index (χ2v) is 29.9. The highest BCUT2D eigenvalue weighted by molar-refractivity contribution is 6.35. The van der Waals surface area contributed by atoms with Gasteiger partial charge in [0.25, 0.3) is 17.7 Å². The number of carbonyl (C=O) groups is 3. The van der Waals surface area contributed by atoms with Crippen molar-refractivity contribution in [2.75, 3.05) is 88.9 Å². The molecule has 4 aliphatic heterocycles. The Bertz CT molecular complexity index is 5150. The lowest BCUT2D eigenvalue weighted by molar-refractivity contribution is -0.287. The van der Waals surface area contributed by atoms with E-state index in [-0.39, 0.29) is 40.6 Å². The molecule has 109 heavy (non-hydrogen) atoms. The monoisotopic (exact) mass is 1520 g/mol. The van der Waals surface area contributed by atoms with Crippen molar-refractivity contribution in [1.82, 2.24) is 64.5 Å². The van der Waals surface area contributed by atoms with Crippen LogP contribution in [0.4, 0.5) is 17.5 Å². The van der Waals surface area contributed by atoms with Crippen molar-refractivity contribution in [2.45, 2.75) is 109 Å². The van der Waals surface area contributed by atoms with Crippen LogP contribution >= 0.6 is 34.8 Å². The molecule has 14 rings (SSSR count). The zero-order valence-electron chi connectivity index (χ0n) is 61.4. The van der Waals surface area contributed by atoms with Gasteiger partial charge in [-0.3, -0.25) is 19.3 Å². The summed E-state index contributed by atoms with van der Waals surface area (Å²) >= 11 is 20.7. The molecule has 6 aromatic heterocycles. The third-order valence-electron chi connectivity index (χ3n) is 21.2. The molecule has 4 saturated heterocycles. The summed E-state index contributed by atoms with van der Waals surface area (Å²) in [6.07, 6.45) is 14.8. The van der Waals surface area contributed by atoms with E-state index in [2.05, 4.69) is 85.6 Å². The molecule has 25 heteroatoms. The van der Waals surface area contributed by atoms with Crippen LogP contribution in [0.3, 0.4) is 0 Å². The number of ether oxygens (including phenoxy) is 2. The summed E-state index contributed by atoms with van der Waals surface area (Å²) in [7, 11) is 0. The maximum atomic E-state index is 14.2. The highest BCUT2D eigenvalue weighted by Crippen LogP contribution is 2.40. The number of aryl methyl sites for hydroxylation is 3. The van der Waals surface area contributed by atoms with Crippen LogP contribution in [-0.4, -0.2) is 177 Å². The summed E-state index contributed by atoms with van der Waals surface area (Å²) in [5.41, 5.74) is 23.8. The molecule has 22 nitrogen and oxygen atoms in total. The summed E-state index contributed by atoms with van der Waals surface area (Å²) in [4.78, 5) is 90.6.